The van der Waals surface area contributed by atoms with Gasteiger partial charge in [-0.1, -0.05) is 0 Å². The van der Waals surface area contributed by atoms with Crippen LogP contribution < -0.4 is 0 Å². The van der Waals surface area contributed by atoms with E-state index in [0.29, 0.717) is 7.69 Å². The molecule has 0 radical (unpaired) electrons. The molecule has 0 unspecified atom stereocenters. The van der Waals surface area contributed by atoms with Crippen molar-refractivity contribution in [3.05, 3.63) is 29.8 Å². The van der Waals surface area contributed by atoms with Crippen molar-refractivity contribution in [2.45, 2.75) is 0 Å². The monoisotopic (exact) mass is 291 g/mol. The van der Waals surface area contributed by atoms with Crippen LogP contribution in [0.4, 0.5) is 0 Å². The van der Waals surface area contributed by atoms with Crippen LogP contribution in [0.5, 0.6) is 5.75 Å². The molecule has 61 valence electrons. The average molecular weight is 291 g/mol. The van der Waals surface area contributed by atoms with Crippen LogP contribution >= 0.6 is 0 Å². The average Bonchev–Trinajstić information content (AvgIpc) is 2.06. The molecule has 0 fully saturated rings. The van der Waals surface area contributed by atoms with E-state index in [0.717, 1.165) is 39.6 Å². The molecule has 0 atom stereocenters. The van der Waals surface area contributed by atoms with Gasteiger partial charge in [0.25, 0.3) is 0 Å². The van der Waals surface area contributed by atoms with E-state index < -0.39 is 0 Å². The summed E-state index contributed by atoms with van der Waals surface area (Å²) in [7, 11) is 0. The van der Waals surface area contributed by atoms with Gasteiger partial charge in [-0.3, -0.25) is 0 Å². The van der Waals surface area contributed by atoms with Crippen LogP contribution in [-0.2, 0) is 4.74 Å². The molecule has 0 saturated carbocycles. The van der Waals surface area contributed by atoms with Crippen LogP contribution in [0, 0.1) is 39.6 Å². The third-order valence-electron chi connectivity index (χ3n) is 1.31. The van der Waals surface area contributed by atoms with Crippen molar-refractivity contribution in [1.29, 1.82) is 0 Å². The van der Waals surface area contributed by atoms with Crippen LogP contribution in [0.15, 0.2) is 24.3 Å². The van der Waals surface area contributed by atoms with Gasteiger partial charge in [0.15, 0.2) is 0 Å². The molecule has 0 bridgehead atoms. The molecule has 1 N–H and O–H groups in total. The van der Waals surface area contributed by atoms with Crippen molar-refractivity contribution >= 4 is 5.97 Å². The summed E-state index contributed by atoms with van der Waals surface area (Å²) >= 11 is 0.844. The quantitative estimate of drug-likeness (QED) is 0.829. The number of hydrogen-bond acceptors (Lipinski definition) is 3. The number of benzene rings is 1. The number of phenols is 1. The Morgan fingerprint density at radius 1 is 1.42 bits per heavy atom. The third kappa shape index (κ3) is 2.73. The fourth-order valence-electron chi connectivity index (χ4n) is 0.746. The molecule has 0 heterocycles. The maximum atomic E-state index is 11.1. The van der Waals surface area contributed by atoms with E-state index in [2.05, 4.69) is 0 Å². The molecule has 12 heavy (non-hydrogen) atoms. The van der Waals surface area contributed by atoms with E-state index >= 15 is 0 Å². The number of esters is 1. The minimum atomic E-state index is -0.329. The molecule has 1 aromatic rings. The number of carbonyl (C=O) groups excluding carboxylic acids is 1. The molecule has 0 amide bonds. The Bertz CT molecular complexity index is 268. The van der Waals surface area contributed by atoms with E-state index in [1.165, 1.54) is 24.3 Å². The normalized spacial score (nSPS) is 9.25. The molecule has 3 nitrogen and oxygen atoms in total. The fraction of sp³-hybridized carbons (Fsp3) is 0.125. The van der Waals surface area contributed by atoms with Crippen molar-refractivity contribution in [3.63, 3.8) is 0 Å². The van der Waals surface area contributed by atoms with Crippen LogP contribution in [0.25, 0.3) is 0 Å². The minimum absolute atomic E-state index is 0.150. The standard InChI is InChI=1S/C8H7O3.Ce/c1-11-8(10)6-2-4-7(9)5-3-6;/h2-5,9H,1H2;. The van der Waals surface area contributed by atoms with Crippen LogP contribution in [0.1, 0.15) is 10.4 Å². The van der Waals surface area contributed by atoms with Gasteiger partial charge in [0.05, 0.1) is 0 Å². The first-order valence-corrected chi connectivity index (χ1v) is 5.57. The predicted molar refractivity (Wildman–Crippen MR) is 38.4 cm³/mol. The third-order valence-corrected chi connectivity index (χ3v) is 1.76. The Morgan fingerprint density at radius 3 is 2.50 bits per heavy atom. The molecule has 0 aliphatic carbocycles. The van der Waals surface area contributed by atoms with Crippen molar-refractivity contribution in [3.8, 4) is 5.75 Å². The zero-order valence-corrected chi connectivity index (χ0v) is 9.42. The Hall–Kier alpha value is -0.133. The Balaban J connectivity index is 2.75. The summed E-state index contributed by atoms with van der Waals surface area (Å²) in [6.45, 7) is 0. The zero-order chi connectivity index (χ0) is 8.97. The van der Waals surface area contributed by atoms with Crippen LogP contribution in [0.2, 0.25) is 0 Å². The molecular weight excluding hydrogens is 284 g/mol. The number of carbonyl (C=O) groups is 1. The Labute approximate surface area is 97.0 Å². The summed E-state index contributed by atoms with van der Waals surface area (Å²) in [4.78, 5) is 11.1. The van der Waals surface area contributed by atoms with E-state index in [9.17, 15) is 4.79 Å². The summed E-state index contributed by atoms with van der Waals surface area (Å²) in [6.07, 6.45) is 0. The summed E-state index contributed by atoms with van der Waals surface area (Å²) in [5.74, 6) is -0.178. The van der Waals surface area contributed by atoms with E-state index in [1.807, 2.05) is 0 Å². The number of rotatable bonds is 2. The Morgan fingerprint density at radius 2 is 2.00 bits per heavy atom. The van der Waals surface area contributed by atoms with Crippen LogP contribution in [0.3, 0.4) is 0 Å². The molecular formula is C8H7CeO3. The van der Waals surface area contributed by atoms with E-state index in [-0.39, 0.29) is 11.7 Å². The maximum absolute atomic E-state index is 11.1. The van der Waals surface area contributed by atoms with E-state index in [4.69, 9.17) is 9.84 Å². The fourth-order valence-corrected chi connectivity index (χ4v) is 1.16. The molecule has 1 aromatic carbocycles. The number of aromatic hydroxyl groups is 1. The molecule has 0 aliphatic heterocycles. The van der Waals surface area contributed by atoms with Gasteiger partial charge in [-0.25, -0.2) is 0 Å². The van der Waals surface area contributed by atoms with Gasteiger partial charge in [0, 0.05) is 0 Å². The molecule has 0 aliphatic rings. The predicted octanol–water partition coefficient (Wildman–Crippen LogP) is 1.06. The van der Waals surface area contributed by atoms with Crippen molar-refractivity contribution in [2.24, 2.45) is 0 Å². The number of ether oxygens (including phenoxy) is 1. The second-order valence-corrected chi connectivity index (χ2v) is 3.03. The van der Waals surface area contributed by atoms with E-state index in [1.54, 1.807) is 0 Å². The van der Waals surface area contributed by atoms with Gasteiger partial charge < -0.3 is 0 Å². The summed E-state index contributed by atoms with van der Waals surface area (Å²) in [5.41, 5.74) is 0.476. The van der Waals surface area contributed by atoms with Gasteiger partial charge in [-0.15, -0.1) is 0 Å². The topological polar surface area (TPSA) is 46.5 Å². The molecule has 0 saturated heterocycles. The second kappa shape index (κ2) is 4.79. The summed E-state index contributed by atoms with van der Waals surface area (Å²) < 4.78 is 5.31. The van der Waals surface area contributed by atoms with Gasteiger partial charge in [-0.05, 0) is 0 Å². The SMILES string of the molecule is O=C(O[CH2][Ce])c1ccc(O)cc1. The Kier molecular flexibility index (Phi) is 3.97. The van der Waals surface area contributed by atoms with Gasteiger partial charge in [0.2, 0.25) is 0 Å². The van der Waals surface area contributed by atoms with Crippen molar-refractivity contribution in [2.75, 3.05) is 2.12 Å². The molecule has 4 heteroatoms. The van der Waals surface area contributed by atoms with Crippen molar-refractivity contribution < 1.29 is 54.3 Å². The van der Waals surface area contributed by atoms with Gasteiger partial charge >= 0.3 is 98.0 Å². The summed E-state index contributed by atoms with van der Waals surface area (Å²) in [5, 5.41) is 8.92. The number of phenolic OH excluding ortho intramolecular Hbond substituents is 1. The molecule has 0 aromatic heterocycles. The molecule has 0 spiro atoms. The summed E-state index contributed by atoms with van der Waals surface area (Å²) in [6, 6.07) is 6.00. The number of hydrogen-bond donors (Lipinski definition) is 1. The first kappa shape index (κ1) is 9.95. The van der Waals surface area contributed by atoms with Crippen LogP contribution in [-0.4, -0.2) is 13.2 Å². The zero-order valence-electron chi connectivity index (χ0n) is 6.28. The second-order valence-electron chi connectivity index (χ2n) is 2.12. The first-order chi connectivity index (χ1) is 5.74. The first-order valence-electron chi connectivity index (χ1n) is 3.35. The van der Waals surface area contributed by atoms with Crippen molar-refractivity contribution in [1.82, 2.24) is 0 Å². The molecule has 1 rings (SSSR count). The van der Waals surface area contributed by atoms with Gasteiger partial charge in [-0.2, -0.15) is 0 Å². The van der Waals surface area contributed by atoms with Gasteiger partial charge in [0.1, 0.15) is 0 Å².